The number of carbonyl (C=O) groups excluding carboxylic acids is 1. The highest BCUT2D eigenvalue weighted by Crippen LogP contribution is 2.65. The fourth-order valence-electron chi connectivity index (χ4n) is 6.83. The first-order valence-corrected chi connectivity index (χ1v) is 9.11. The zero-order valence-corrected chi connectivity index (χ0v) is 13.8. The molecule has 3 heteroatoms. The molecule has 4 saturated carbocycles. The number of carbonyl (C=O) groups is 1. The van der Waals surface area contributed by atoms with E-state index >= 15 is 0 Å². The van der Waals surface area contributed by atoms with Gasteiger partial charge in [0, 0.05) is 11.1 Å². The van der Waals surface area contributed by atoms with Crippen LogP contribution in [0.25, 0.3) is 0 Å². The first-order valence-electron chi connectivity index (χ1n) is 9.11. The van der Waals surface area contributed by atoms with E-state index in [2.05, 4.69) is 6.92 Å². The maximum Gasteiger partial charge on any atom is 0.173 e. The molecular weight excluding hydrogens is 277 g/mol. The monoisotopic (exact) mass is 305 g/mol. The van der Waals surface area contributed by atoms with E-state index in [1.807, 2.05) is 6.92 Å². The van der Waals surface area contributed by atoms with E-state index in [4.69, 9.17) is 5.41 Å². The molecule has 0 amide bonds. The summed E-state index contributed by atoms with van der Waals surface area (Å²) < 4.78 is 14.1. The molecule has 0 aromatic heterocycles. The summed E-state index contributed by atoms with van der Waals surface area (Å²) in [5, 5.41) is 8.04. The van der Waals surface area contributed by atoms with Gasteiger partial charge in [-0.3, -0.25) is 4.79 Å². The van der Waals surface area contributed by atoms with Crippen molar-refractivity contribution in [3.05, 3.63) is 0 Å². The van der Waals surface area contributed by atoms with Crippen LogP contribution in [0, 0.1) is 39.9 Å². The zero-order chi connectivity index (χ0) is 15.7. The predicted octanol–water partition coefficient (Wildman–Crippen LogP) is 4.57. The van der Waals surface area contributed by atoms with Gasteiger partial charge in [-0.25, -0.2) is 4.39 Å². The number of hydrogen-bond acceptors (Lipinski definition) is 2. The maximum absolute atomic E-state index is 14.1. The maximum atomic E-state index is 14.1. The zero-order valence-electron chi connectivity index (χ0n) is 13.8. The van der Waals surface area contributed by atoms with Gasteiger partial charge < -0.3 is 5.41 Å². The highest BCUT2D eigenvalue weighted by atomic mass is 19.1. The summed E-state index contributed by atoms with van der Waals surface area (Å²) in [7, 11) is 0. The molecule has 0 aliphatic heterocycles. The number of rotatable bonds is 0. The van der Waals surface area contributed by atoms with E-state index in [0.29, 0.717) is 29.6 Å². The smallest absolute Gasteiger partial charge is 0.173 e. The largest absolute Gasteiger partial charge is 0.310 e. The number of alkyl halides is 1. The molecule has 1 N–H and O–H groups in total. The molecule has 122 valence electrons. The van der Waals surface area contributed by atoms with Crippen molar-refractivity contribution in [2.24, 2.45) is 34.5 Å². The van der Waals surface area contributed by atoms with Crippen LogP contribution in [0.3, 0.4) is 0 Å². The van der Waals surface area contributed by atoms with E-state index in [-0.39, 0.29) is 17.1 Å². The third kappa shape index (κ3) is 1.77. The lowest BCUT2D eigenvalue weighted by Crippen LogP contribution is -2.53. The molecule has 3 unspecified atom stereocenters. The Kier molecular flexibility index (Phi) is 3.13. The van der Waals surface area contributed by atoms with Crippen LogP contribution >= 0.6 is 0 Å². The van der Waals surface area contributed by atoms with Gasteiger partial charge >= 0.3 is 0 Å². The summed E-state index contributed by atoms with van der Waals surface area (Å²) in [6.45, 7) is 4.48. The van der Waals surface area contributed by atoms with E-state index in [1.54, 1.807) is 0 Å². The number of ketones is 1. The standard InChI is InChI=1S/C19H28FNO/c1-18-7-5-12(21)9-11(18)3-4-13-14(18)6-8-19(2)15(13)10-16(20)17(19)22/h11,13-16,21H,3-10H2,1-2H3/t11-,13?,14?,15?,16+,18-,19-/m0/s1. The van der Waals surface area contributed by atoms with Crippen molar-refractivity contribution in [3.8, 4) is 0 Å². The minimum Gasteiger partial charge on any atom is -0.310 e. The Morgan fingerprint density at radius 1 is 1.14 bits per heavy atom. The van der Waals surface area contributed by atoms with E-state index in [1.165, 1.54) is 6.42 Å². The highest BCUT2D eigenvalue weighted by molar-refractivity contribution is 5.91. The third-order valence-corrected chi connectivity index (χ3v) is 8.22. The van der Waals surface area contributed by atoms with Crippen molar-refractivity contribution in [3.63, 3.8) is 0 Å². The number of Topliss-reactive ketones (excluding diaryl/α,β-unsaturated/α-hetero) is 1. The van der Waals surface area contributed by atoms with Crippen LogP contribution in [0.5, 0.6) is 0 Å². The molecule has 0 heterocycles. The van der Waals surface area contributed by atoms with Crippen LogP contribution in [0.15, 0.2) is 0 Å². The number of fused-ring (bicyclic) bond motifs is 5. The normalized spacial score (nSPS) is 54.6. The fraction of sp³-hybridized carbons (Fsp3) is 0.895. The molecular formula is C19H28FNO. The average molecular weight is 305 g/mol. The van der Waals surface area contributed by atoms with Crippen molar-refractivity contribution >= 4 is 11.5 Å². The molecule has 2 nitrogen and oxygen atoms in total. The summed E-state index contributed by atoms with van der Waals surface area (Å²) in [5.41, 5.74) is 0.874. The Hall–Kier alpha value is -0.730. The SMILES string of the molecule is C[C@]12CCC3C(CC[C@H]4CC(=N)CC[C@]34C)C1C[C@@H](F)C2=O. The van der Waals surface area contributed by atoms with Crippen molar-refractivity contribution < 1.29 is 9.18 Å². The fourth-order valence-corrected chi connectivity index (χ4v) is 6.83. The molecule has 0 aromatic carbocycles. The molecule has 0 radical (unpaired) electrons. The molecule has 22 heavy (non-hydrogen) atoms. The summed E-state index contributed by atoms with van der Waals surface area (Å²) >= 11 is 0. The van der Waals surface area contributed by atoms with Gasteiger partial charge in [-0.2, -0.15) is 0 Å². The highest BCUT2D eigenvalue weighted by Gasteiger charge is 2.62. The molecule has 0 aromatic rings. The second-order valence-electron chi connectivity index (χ2n) is 8.99. The van der Waals surface area contributed by atoms with Crippen LogP contribution < -0.4 is 0 Å². The molecule has 4 aliphatic rings. The Morgan fingerprint density at radius 2 is 1.91 bits per heavy atom. The molecule has 0 bridgehead atoms. The van der Waals surface area contributed by atoms with Crippen molar-refractivity contribution in [2.45, 2.75) is 71.4 Å². The first-order chi connectivity index (χ1) is 10.4. The molecule has 4 fully saturated rings. The minimum absolute atomic E-state index is 0.103. The van der Waals surface area contributed by atoms with Gasteiger partial charge in [0.05, 0.1) is 0 Å². The van der Waals surface area contributed by atoms with Crippen molar-refractivity contribution in [2.75, 3.05) is 0 Å². The van der Waals surface area contributed by atoms with Crippen LogP contribution in [0.1, 0.15) is 65.2 Å². The minimum atomic E-state index is -1.21. The van der Waals surface area contributed by atoms with Gasteiger partial charge in [0.25, 0.3) is 0 Å². The average Bonchev–Trinajstić information content (AvgIpc) is 2.72. The van der Waals surface area contributed by atoms with Gasteiger partial charge in [0.15, 0.2) is 12.0 Å². The van der Waals surface area contributed by atoms with Crippen molar-refractivity contribution in [1.29, 1.82) is 5.41 Å². The number of hydrogen-bond donors (Lipinski definition) is 1. The van der Waals surface area contributed by atoms with Gasteiger partial charge in [0.1, 0.15) is 0 Å². The topological polar surface area (TPSA) is 40.9 Å². The third-order valence-electron chi connectivity index (χ3n) is 8.22. The summed E-state index contributed by atoms with van der Waals surface area (Å²) in [6.07, 6.45) is 6.64. The number of halogens is 1. The second kappa shape index (κ2) is 4.64. The molecule has 7 atom stereocenters. The van der Waals surface area contributed by atoms with Crippen LogP contribution in [-0.4, -0.2) is 17.7 Å². The molecule has 4 aliphatic carbocycles. The van der Waals surface area contributed by atoms with E-state index < -0.39 is 6.17 Å². The lowest BCUT2D eigenvalue weighted by atomic mass is 9.45. The predicted molar refractivity (Wildman–Crippen MR) is 84.7 cm³/mol. The molecule has 0 spiro atoms. The quantitative estimate of drug-likeness (QED) is 0.700. The van der Waals surface area contributed by atoms with Gasteiger partial charge in [-0.05, 0) is 80.5 Å². The van der Waals surface area contributed by atoms with E-state index in [0.717, 1.165) is 44.2 Å². The van der Waals surface area contributed by atoms with Gasteiger partial charge in [0.2, 0.25) is 0 Å². The number of nitrogens with one attached hydrogen (secondary N) is 1. The summed E-state index contributed by atoms with van der Waals surface area (Å²) in [5.74, 6) is 2.01. The molecule has 0 saturated heterocycles. The Balaban J connectivity index is 1.66. The second-order valence-corrected chi connectivity index (χ2v) is 8.99. The Bertz CT molecular complexity index is 532. The summed E-state index contributed by atoms with van der Waals surface area (Å²) in [4.78, 5) is 12.3. The lowest BCUT2D eigenvalue weighted by Gasteiger charge is -2.59. The van der Waals surface area contributed by atoms with Crippen LogP contribution in [0.4, 0.5) is 4.39 Å². The van der Waals surface area contributed by atoms with Crippen LogP contribution in [0.2, 0.25) is 0 Å². The summed E-state index contributed by atoms with van der Waals surface area (Å²) in [6, 6.07) is 0. The lowest BCUT2D eigenvalue weighted by molar-refractivity contribution is -0.138. The van der Waals surface area contributed by atoms with Gasteiger partial charge in [-0.1, -0.05) is 13.8 Å². The Morgan fingerprint density at radius 3 is 2.68 bits per heavy atom. The van der Waals surface area contributed by atoms with Crippen LogP contribution in [-0.2, 0) is 4.79 Å². The van der Waals surface area contributed by atoms with E-state index in [9.17, 15) is 9.18 Å². The molecule has 4 rings (SSSR count). The Labute approximate surface area is 132 Å². The van der Waals surface area contributed by atoms with Crippen molar-refractivity contribution in [1.82, 2.24) is 0 Å². The van der Waals surface area contributed by atoms with Gasteiger partial charge in [-0.15, -0.1) is 0 Å². The first kappa shape index (κ1) is 14.8.